The van der Waals surface area contributed by atoms with E-state index in [0.717, 1.165) is 30.6 Å². The summed E-state index contributed by atoms with van der Waals surface area (Å²) in [5.74, 6) is 0.876. The minimum absolute atomic E-state index is 0.299. The van der Waals surface area contributed by atoms with Gasteiger partial charge in [-0.2, -0.15) is 0 Å². The summed E-state index contributed by atoms with van der Waals surface area (Å²) in [5, 5.41) is 10.1. The molecule has 0 saturated carbocycles. The monoisotopic (exact) mass is 330 g/mol. The molecule has 3 aromatic carbocycles. The summed E-state index contributed by atoms with van der Waals surface area (Å²) in [7, 11) is 0. The largest absolute Gasteiger partial charge is 0.489 e. The zero-order valence-electron chi connectivity index (χ0n) is 14.2. The molecule has 0 radical (unpaired) electrons. The highest BCUT2D eigenvalue weighted by Crippen LogP contribution is 2.33. The normalized spacial score (nSPS) is 16.3. The first-order chi connectivity index (χ1) is 12.3. The van der Waals surface area contributed by atoms with Crippen molar-refractivity contribution in [2.75, 3.05) is 0 Å². The van der Waals surface area contributed by atoms with Crippen molar-refractivity contribution < 1.29 is 9.84 Å². The van der Waals surface area contributed by atoms with Crippen molar-refractivity contribution in [3.8, 4) is 16.9 Å². The van der Waals surface area contributed by atoms with Crippen molar-refractivity contribution in [3.63, 3.8) is 0 Å². The van der Waals surface area contributed by atoms with Crippen molar-refractivity contribution in [2.24, 2.45) is 0 Å². The second-order valence-electron chi connectivity index (χ2n) is 6.62. The van der Waals surface area contributed by atoms with E-state index in [1.807, 2.05) is 30.3 Å². The van der Waals surface area contributed by atoms with Crippen LogP contribution in [-0.4, -0.2) is 5.11 Å². The van der Waals surface area contributed by atoms with Gasteiger partial charge in [0.15, 0.2) is 0 Å². The lowest BCUT2D eigenvalue weighted by Crippen LogP contribution is -2.08. The van der Waals surface area contributed by atoms with Gasteiger partial charge in [-0.15, -0.1) is 0 Å². The third-order valence-electron chi connectivity index (χ3n) is 4.86. The molecule has 0 aliphatic heterocycles. The van der Waals surface area contributed by atoms with Crippen LogP contribution in [0.5, 0.6) is 5.75 Å². The lowest BCUT2D eigenvalue weighted by atomic mass is 9.87. The van der Waals surface area contributed by atoms with E-state index in [4.69, 9.17) is 4.74 Å². The maximum atomic E-state index is 10.1. The van der Waals surface area contributed by atoms with E-state index in [0.29, 0.717) is 6.61 Å². The summed E-state index contributed by atoms with van der Waals surface area (Å²) in [6.45, 7) is 0.580. The molecule has 4 rings (SSSR count). The highest BCUT2D eigenvalue weighted by atomic mass is 16.5. The molecule has 1 aliphatic rings. The SMILES string of the molecule is OC1CCCc2cc(-c3ccc(OCc4ccccc4)cc3)ccc21. The van der Waals surface area contributed by atoms with Crippen LogP contribution in [0, 0.1) is 0 Å². The Balaban J connectivity index is 1.48. The van der Waals surface area contributed by atoms with Crippen LogP contribution < -0.4 is 4.74 Å². The molecule has 0 bridgehead atoms. The fourth-order valence-electron chi connectivity index (χ4n) is 3.45. The van der Waals surface area contributed by atoms with Gasteiger partial charge < -0.3 is 9.84 Å². The molecule has 1 unspecified atom stereocenters. The van der Waals surface area contributed by atoms with Gasteiger partial charge in [-0.25, -0.2) is 0 Å². The highest BCUT2D eigenvalue weighted by molar-refractivity contribution is 5.66. The fraction of sp³-hybridized carbons (Fsp3) is 0.217. The first-order valence-electron chi connectivity index (χ1n) is 8.88. The Morgan fingerprint density at radius 2 is 1.64 bits per heavy atom. The van der Waals surface area contributed by atoms with E-state index >= 15 is 0 Å². The van der Waals surface area contributed by atoms with Gasteiger partial charge in [0.05, 0.1) is 6.10 Å². The number of aliphatic hydroxyl groups is 1. The number of aryl methyl sites for hydroxylation is 1. The minimum Gasteiger partial charge on any atom is -0.489 e. The first-order valence-corrected chi connectivity index (χ1v) is 8.88. The summed E-state index contributed by atoms with van der Waals surface area (Å²) in [5.41, 5.74) is 5.91. The zero-order chi connectivity index (χ0) is 17.1. The molecule has 0 amide bonds. The van der Waals surface area contributed by atoms with Gasteiger partial charge in [0, 0.05) is 0 Å². The Kier molecular flexibility index (Phi) is 4.53. The Hall–Kier alpha value is -2.58. The van der Waals surface area contributed by atoms with Gasteiger partial charge in [-0.05, 0) is 59.2 Å². The summed E-state index contributed by atoms with van der Waals surface area (Å²) in [4.78, 5) is 0. The van der Waals surface area contributed by atoms with E-state index < -0.39 is 0 Å². The smallest absolute Gasteiger partial charge is 0.119 e. The van der Waals surface area contributed by atoms with Gasteiger partial charge in [0.1, 0.15) is 12.4 Å². The van der Waals surface area contributed by atoms with Gasteiger partial charge in [0.25, 0.3) is 0 Å². The van der Waals surface area contributed by atoms with E-state index in [9.17, 15) is 5.11 Å². The molecule has 2 heteroatoms. The minimum atomic E-state index is -0.299. The number of hydrogen-bond acceptors (Lipinski definition) is 2. The summed E-state index contributed by atoms with van der Waals surface area (Å²) >= 11 is 0. The number of fused-ring (bicyclic) bond motifs is 1. The maximum Gasteiger partial charge on any atom is 0.119 e. The molecule has 25 heavy (non-hydrogen) atoms. The molecule has 1 aliphatic carbocycles. The van der Waals surface area contributed by atoms with Gasteiger partial charge in [-0.1, -0.05) is 60.7 Å². The van der Waals surface area contributed by atoms with Crippen LogP contribution in [0.3, 0.4) is 0 Å². The van der Waals surface area contributed by atoms with E-state index in [-0.39, 0.29) is 6.10 Å². The Morgan fingerprint density at radius 1 is 0.880 bits per heavy atom. The standard InChI is InChI=1S/C23H22O2/c24-23-8-4-7-20-15-19(11-14-22(20)23)18-9-12-21(13-10-18)25-16-17-5-2-1-3-6-17/h1-3,5-6,9-15,23-24H,4,7-8,16H2. The molecular formula is C23H22O2. The number of hydrogen-bond donors (Lipinski definition) is 1. The second kappa shape index (κ2) is 7.12. The van der Waals surface area contributed by atoms with Crippen LogP contribution in [-0.2, 0) is 13.0 Å². The van der Waals surface area contributed by atoms with Crippen LogP contribution in [0.15, 0.2) is 72.8 Å². The van der Waals surface area contributed by atoms with Crippen molar-refractivity contribution in [1.82, 2.24) is 0 Å². The molecule has 126 valence electrons. The molecule has 2 nitrogen and oxygen atoms in total. The van der Waals surface area contributed by atoms with Gasteiger partial charge >= 0.3 is 0 Å². The second-order valence-corrected chi connectivity index (χ2v) is 6.62. The third kappa shape index (κ3) is 3.59. The lowest BCUT2D eigenvalue weighted by molar-refractivity contribution is 0.156. The molecule has 0 heterocycles. The average Bonchev–Trinajstić information content (AvgIpc) is 2.67. The summed E-state index contributed by atoms with van der Waals surface area (Å²) in [6.07, 6.45) is 2.69. The van der Waals surface area contributed by atoms with E-state index in [1.165, 1.54) is 22.3 Å². The van der Waals surface area contributed by atoms with Crippen molar-refractivity contribution in [3.05, 3.63) is 89.5 Å². The molecule has 3 aromatic rings. The Labute approximate surface area is 148 Å². The molecular weight excluding hydrogens is 308 g/mol. The number of benzene rings is 3. The van der Waals surface area contributed by atoms with Crippen molar-refractivity contribution in [2.45, 2.75) is 32.0 Å². The molecule has 0 spiro atoms. The molecule has 0 fully saturated rings. The molecule has 1 N–H and O–H groups in total. The van der Waals surface area contributed by atoms with Crippen LogP contribution in [0.4, 0.5) is 0 Å². The van der Waals surface area contributed by atoms with Crippen molar-refractivity contribution in [1.29, 1.82) is 0 Å². The van der Waals surface area contributed by atoms with Crippen molar-refractivity contribution >= 4 is 0 Å². The van der Waals surface area contributed by atoms with Crippen LogP contribution in [0.1, 0.15) is 35.6 Å². The topological polar surface area (TPSA) is 29.5 Å². The quantitative estimate of drug-likeness (QED) is 0.703. The lowest BCUT2D eigenvalue weighted by Gasteiger charge is -2.22. The molecule has 1 atom stereocenters. The summed E-state index contributed by atoms with van der Waals surface area (Å²) in [6, 6.07) is 24.8. The van der Waals surface area contributed by atoms with Crippen LogP contribution in [0.25, 0.3) is 11.1 Å². The Bertz CT molecular complexity index is 838. The predicted molar refractivity (Wildman–Crippen MR) is 101 cm³/mol. The van der Waals surface area contributed by atoms with Gasteiger partial charge in [-0.3, -0.25) is 0 Å². The fourth-order valence-corrected chi connectivity index (χ4v) is 3.45. The molecule has 0 aromatic heterocycles. The third-order valence-corrected chi connectivity index (χ3v) is 4.86. The maximum absolute atomic E-state index is 10.1. The van der Waals surface area contributed by atoms with E-state index in [1.54, 1.807) is 0 Å². The zero-order valence-corrected chi connectivity index (χ0v) is 14.2. The van der Waals surface area contributed by atoms with Gasteiger partial charge in [0.2, 0.25) is 0 Å². The van der Waals surface area contributed by atoms with Crippen LogP contribution in [0.2, 0.25) is 0 Å². The van der Waals surface area contributed by atoms with E-state index in [2.05, 4.69) is 42.5 Å². The average molecular weight is 330 g/mol. The highest BCUT2D eigenvalue weighted by Gasteiger charge is 2.18. The Morgan fingerprint density at radius 3 is 2.44 bits per heavy atom. The predicted octanol–water partition coefficient (Wildman–Crippen LogP) is 5.30. The molecule has 0 saturated heterocycles. The number of rotatable bonds is 4. The first kappa shape index (κ1) is 15.9. The summed E-state index contributed by atoms with van der Waals surface area (Å²) < 4.78 is 5.85. The number of aliphatic hydroxyl groups excluding tert-OH is 1. The number of ether oxygens (including phenoxy) is 1. The van der Waals surface area contributed by atoms with Crippen LogP contribution >= 0.6 is 0 Å².